The van der Waals surface area contributed by atoms with Crippen LogP contribution >= 0.6 is 0 Å². The van der Waals surface area contributed by atoms with Gasteiger partial charge >= 0.3 is 0 Å². The van der Waals surface area contributed by atoms with Gasteiger partial charge in [-0.1, -0.05) is 77.9 Å². The van der Waals surface area contributed by atoms with Crippen molar-refractivity contribution in [3.05, 3.63) is 155 Å². The summed E-state index contributed by atoms with van der Waals surface area (Å²) >= 11 is 0. The molecule has 0 saturated heterocycles. The Labute approximate surface area is 285 Å². The Hall–Kier alpha value is -6.00. The topological polar surface area (TPSA) is 35.6 Å². The fourth-order valence-electron chi connectivity index (χ4n) is 7.50. The third kappa shape index (κ3) is 4.59. The molecule has 0 aliphatic carbocycles. The summed E-state index contributed by atoms with van der Waals surface area (Å²) in [6.45, 7) is 10.6. The Morgan fingerprint density at radius 1 is 0.429 bits per heavy atom. The number of para-hydroxylation sites is 2. The zero-order chi connectivity index (χ0) is 33.4. The van der Waals surface area contributed by atoms with Crippen molar-refractivity contribution in [2.24, 2.45) is 0 Å². The van der Waals surface area contributed by atoms with Crippen LogP contribution in [0.2, 0.25) is 0 Å². The molecule has 9 rings (SSSR count). The molecule has 0 saturated carbocycles. The zero-order valence-electron chi connectivity index (χ0n) is 28.4. The summed E-state index contributed by atoms with van der Waals surface area (Å²) in [5.41, 5.74) is 15.9. The van der Waals surface area contributed by atoms with Crippen LogP contribution in [0.3, 0.4) is 0 Å². The fraction of sp³-hybridized carbons (Fsp3) is 0.111. The van der Waals surface area contributed by atoms with Crippen molar-refractivity contribution >= 4 is 43.6 Å². The van der Waals surface area contributed by atoms with E-state index < -0.39 is 0 Å². The molecule has 236 valence electrons. The van der Waals surface area contributed by atoms with Gasteiger partial charge in [-0.05, 0) is 112 Å². The van der Waals surface area contributed by atoms with Crippen LogP contribution in [0.1, 0.15) is 28.1 Å². The number of fused-ring (bicyclic) bond motifs is 6. The molecule has 0 radical (unpaired) electrons. The molecule has 4 heteroatoms. The summed E-state index contributed by atoms with van der Waals surface area (Å²) in [6, 6.07) is 46.5. The molecule has 0 aliphatic rings. The average Bonchev–Trinajstić information content (AvgIpc) is 3.62. The molecule has 0 aliphatic heterocycles. The number of rotatable bonds is 4. The van der Waals surface area contributed by atoms with E-state index in [0.717, 1.165) is 50.8 Å². The minimum absolute atomic E-state index is 0.743. The number of benzene rings is 6. The van der Waals surface area contributed by atoms with E-state index in [-0.39, 0.29) is 0 Å². The molecule has 3 heterocycles. The van der Waals surface area contributed by atoms with Crippen LogP contribution in [0.25, 0.3) is 77.5 Å². The van der Waals surface area contributed by atoms with Crippen LogP contribution in [0.15, 0.2) is 127 Å². The van der Waals surface area contributed by atoms with Gasteiger partial charge in [-0.3, -0.25) is 0 Å². The van der Waals surface area contributed by atoms with Crippen LogP contribution in [0.5, 0.6) is 0 Å². The molecule has 0 spiro atoms. The van der Waals surface area contributed by atoms with E-state index in [2.05, 4.69) is 171 Å². The van der Waals surface area contributed by atoms with Crippen molar-refractivity contribution < 1.29 is 0 Å². The van der Waals surface area contributed by atoms with Crippen LogP contribution < -0.4 is 0 Å². The first-order chi connectivity index (χ1) is 23.9. The minimum Gasteiger partial charge on any atom is -0.309 e. The standard InChI is InChI=1S/C45H36N4/c1-27-14-21-42-37(24-27)35-10-6-8-12-40(35)48(42)34-19-16-32(17-20-34)33-18-23-44(39(26-33)45-46-30(4)29(3)31(5)47-45)49-41-13-9-7-11-36(41)38-25-28(2)15-22-43(38)49/h6-26H,1-5H3. The van der Waals surface area contributed by atoms with Gasteiger partial charge in [-0.2, -0.15) is 0 Å². The molecule has 0 fully saturated rings. The predicted molar refractivity (Wildman–Crippen MR) is 205 cm³/mol. The highest BCUT2D eigenvalue weighted by Gasteiger charge is 2.19. The Bertz CT molecular complexity index is 2740. The molecular formula is C45H36N4. The lowest BCUT2D eigenvalue weighted by Gasteiger charge is -2.17. The molecule has 0 atom stereocenters. The third-order valence-corrected chi connectivity index (χ3v) is 10.2. The lowest BCUT2D eigenvalue weighted by Crippen LogP contribution is -2.03. The Balaban J connectivity index is 1.24. The van der Waals surface area contributed by atoms with Crippen LogP contribution in [0, 0.1) is 34.6 Å². The molecule has 4 nitrogen and oxygen atoms in total. The summed E-state index contributed by atoms with van der Waals surface area (Å²) in [7, 11) is 0. The van der Waals surface area contributed by atoms with E-state index in [9.17, 15) is 0 Å². The Morgan fingerprint density at radius 2 is 0.939 bits per heavy atom. The summed E-state index contributed by atoms with van der Waals surface area (Å²) in [5.74, 6) is 0.743. The van der Waals surface area contributed by atoms with E-state index in [1.165, 1.54) is 54.7 Å². The van der Waals surface area contributed by atoms with Gasteiger partial charge in [0, 0.05) is 44.2 Å². The minimum atomic E-state index is 0.743. The SMILES string of the molecule is Cc1ccc2c(c1)c1ccccc1n2-c1ccc(-c2ccc(-n3c4ccccc4c4cc(C)ccc43)c(-c3nc(C)c(C)c(C)n3)c2)cc1. The number of nitrogens with zero attached hydrogens (tertiary/aromatic N) is 4. The van der Waals surface area contributed by atoms with Crippen molar-refractivity contribution in [3.8, 4) is 33.9 Å². The molecule has 0 N–H and O–H groups in total. The second kappa shape index (κ2) is 11.0. The van der Waals surface area contributed by atoms with E-state index in [1.807, 2.05) is 0 Å². The van der Waals surface area contributed by atoms with Gasteiger partial charge in [-0.15, -0.1) is 0 Å². The molecule has 49 heavy (non-hydrogen) atoms. The predicted octanol–water partition coefficient (Wildman–Crippen LogP) is 11.5. The number of hydrogen-bond acceptors (Lipinski definition) is 2. The van der Waals surface area contributed by atoms with Crippen molar-refractivity contribution in [1.29, 1.82) is 0 Å². The van der Waals surface area contributed by atoms with Crippen LogP contribution in [-0.2, 0) is 0 Å². The van der Waals surface area contributed by atoms with E-state index in [1.54, 1.807) is 0 Å². The van der Waals surface area contributed by atoms with Gasteiger partial charge < -0.3 is 9.13 Å². The van der Waals surface area contributed by atoms with Crippen molar-refractivity contribution in [3.63, 3.8) is 0 Å². The maximum Gasteiger partial charge on any atom is 0.161 e. The van der Waals surface area contributed by atoms with E-state index >= 15 is 0 Å². The first-order valence-electron chi connectivity index (χ1n) is 16.9. The van der Waals surface area contributed by atoms with Crippen molar-refractivity contribution in [2.75, 3.05) is 0 Å². The van der Waals surface area contributed by atoms with E-state index in [0.29, 0.717) is 0 Å². The molecule has 0 amide bonds. The second-order valence-corrected chi connectivity index (χ2v) is 13.4. The highest BCUT2D eigenvalue weighted by Crippen LogP contribution is 2.39. The number of aromatic nitrogens is 4. The molecule has 0 unspecified atom stereocenters. The second-order valence-electron chi connectivity index (χ2n) is 13.4. The smallest absolute Gasteiger partial charge is 0.161 e. The van der Waals surface area contributed by atoms with Gasteiger partial charge in [-0.25, -0.2) is 9.97 Å². The lowest BCUT2D eigenvalue weighted by molar-refractivity contribution is 1.02. The van der Waals surface area contributed by atoms with Gasteiger partial charge in [0.25, 0.3) is 0 Å². The first kappa shape index (κ1) is 29.2. The van der Waals surface area contributed by atoms with Crippen molar-refractivity contribution in [1.82, 2.24) is 19.1 Å². The van der Waals surface area contributed by atoms with Crippen LogP contribution in [0.4, 0.5) is 0 Å². The molecule has 9 aromatic rings. The quantitative estimate of drug-likeness (QED) is 0.193. The number of aryl methyl sites for hydroxylation is 4. The molecular weight excluding hydrogens is 597 g/mol. The monoisotopic (exact) mass is 632 g/mol. The molecule has 6 aromatic carbocycles. The highest BCUT2D eigenvalue weighted by atomic mass is 15.0. The zero-order valence-corrected chi connectivity index (χ0v) is 28.4. The maximum atomic E-state index is 5.07. The maximum absolute atomic E-state index is 5.07. The Kier molecular flexibility index (Phi) is 6.57. The molecule has 0 bridgehead atoms. The normalized spacial score (nSPS) is 11.8. The van der Waals surface area contributed by atoms with Crippen molar-refractivity contribution in [2.45, 2.75) is 34.6 Å². The molecule has 3 aromatic heterocycles. The third-order valence-electron chi connectivity index (χ3n) is 10.2. The first-order valence-corrected chi connectivity index (χ1v) is 16.9. The van der Waals surface area contributed by atoms with E-state index in [4.69, 9.17) is 9.97 Å². The van der Waals surface area contributed by atoms with Gasteiger partial charge in [0.2, 0.25) is 0 Å². The summed E-state index contributed by atoms with van der Waals surface area (Å²) in [4.78, 5) is 10.1. The largest absolute Gasteiger partial charge is 0.309 e. The van der Waals surface area contributed by atoms with Gasteiger partial charge in [0.1, 0.15) is 0 Å². The summed E-state index contributed by atoms with van der Waals surface area (Å²) in [6.07, 6.45) is 0. The Morgan fingerprint density at radius 3 is 1.55 bits per heavy atom. The lowest BCUT2D eigenvalue weighted by atomic mass is 10.00. The van der Waals surface area contributed by atoms with Gasteiger partial charge in [0.15, 0.2) is 5.82 Å². The summed E-state index contributed by atoms with van der Waals surface area (Å²) in [5, 5.41) is 5.04. The van der Waals surface area contributed by atoms with Crippen LogP contribution in [-0.4, -0.2) is 19.1 Å². The highest BCUT2D eigenvalue weighted by molar-refractivity contribution is 6.10. The average molecular weight is 633 g/mol. The summed E-state index contributed by atoms with van der Waals surface area (Å²) < 4.78 is 4.75. The fourth-order valence-corrected chi connectivity index (χ4v) is 7.50. The number of hydrogen-bond donors (Lipinski definition) is 0. The van der Waals surface area contributed by atoms with Gasteiger partial charge in [0.05, 0.1) is 27.8 Å².